The molecule has 0 radical (unpaired) electrons. The first-order valence-electron chi connectivity index (χ1n) is 10.1. The summed E-state index contributed by atoms with van der Waals surface area (Å²) in [6, 6.07) is 17.9. The van der Waals surface area contributed by atoms with E-state index in [9.17, 15) is 9.18 Å². The lowest BCUT2D eigenvalue weighted by molar-refractivity contribution is 0.102. The highest BCUT2D eigenvalue weighted by atomic mass is 32.2. The van der Waals surface area contributed by atoms with Crippen LogP contribution in [0.3, 0.4) is 0 Å². The van der Waals surface area contributed by atoms with E-state index in [1.807, 2.05) is 43.3 Å². The lowest BCUT2D eigenvalue weighted by Crippen LogP contribution is -2.31. The molecule has 158 valence electrons. The highest BCUT2D eigenvalue weighted by Crippen LogP contribution is 2.46. The molecule has 0 fully saturated rings. The van der Waals surface area contributed by atoms with Crippen LogP contribution in [0.4, 0.5) is 10.1 Å². The lowest BCUT2D eigenvalue weighted by Gasteiger charge is -2.35. The second-order valence-electron chi connectivity index (χ2n) is 7.33. The summed E-state index contributed by atoms with van der Waals surface area (Å²) in [6.07, 6.45) is 2.96. The van der Waals surface area contributed by atoms with Crippen LogP contribution in [0.5, 0.6) is 0 Å². The molecule has 4 rings (SSSR count). The number of nitrogens with zero attached hydrogens (tertiary/aromatic N) is 2. The predicted molar refractivity (Wildman–Crippen MR) is 125 cm³/mol. The zero-order valence-corrected chi connectivity index (χ0v) is 18.0. The lowest BCUT2D eigenvalue weighted by atomic mass is 9.91. The van der Waals surface area contributed by atoms with Crippen LogP contribution in [0.1, 0.15) is 35.8 Å². The molecule has 3 N–H and O–H groups in total. The molecule has 31 heavy (non-hydrogen) atoms. The number of nitrogens with two attached hydrogens (primary N) is 1. The Morgan fingerprint density at radius 2 is 2.00 bits per heavy atom. The van der Waals surface area contributed by atoms with Gasteiger partial charge in [0.05, 0.1) is 4.75 Å². The average Bonchev–Trinajstić information content (AvgIpc) is 2.80. The number of benzene rings is 2. The van der Waals surface area contributed by atoms with E-state index in [0.29, 0.717) is 41.5 Å². The molecule has 1 aliphatic rings. The monoisotopic (exact) mass is 434 g/mol. The van der Waals surface area contributed by atoms with Crippen molar-refractivity contribution in [2.75, 3.05) is 11.9 Å². The molecule has 1 amide bonds. The Balaban J connectivity index is 1.65. The van der Waals surface area contributed by atoms with Crippen LogP contribution in [0, 0.1) is 5.82 Å². The molecule has 1 atom stereocenters. The number of amidine groups is 1. The fraction of sp³-hybridized carbons (Fsp3) is 0.208. The SMILES string of the molecule is CC[C@@]1(c2cc(NC(=O)c3ncccc3-c3ccccc3)ccc2F)CCN=C(N)S1. The van der Waals surface area contributed by atoms with E-state index >= 15 is 0 Å². The summed E-state index contributed by atoms with van der Waals surface area (Å²) < 4.78 is 14.3. The molecular formula is C24H23FN4OS. The van der Waals surface area contributed by atoms with E-state index in [0.717, 1.165) is 11.1 Å². The summed E-state index contributed by atoms with van der Waals surface area (Å²) >= 11 is 1.39. The van der Waals surface area contributed by atoms with E-state index in [-0.39, 0.29) is 11.7 Å². The maximum Gasteiger partial charge on any atom is 0.274 e. The van der Waals surface area contributed by atoms with Gasteiger partial charge in [-0.2, -0.15) is 0 Å². The van der Waals surface area contributed by atoms with Gasteiger partial charge in [-0.1, -0.05) is 55.1 Å². The Morgan fingerprint density at radius 1 is 1.19 bits per heavy atom. The first kappa shape index (κ1) is 21.1. The number of carbonyl (C=O) groups is 1. The minimum atomic E-state index is -0.503. The predicted octanol–water partition coefficient (Wildman–Crippen LogP) is 5.20. The molecule has 1 aliphatic heterocycles. The van der Waals surface area contributed by atoms with Gasteiger partial charge in [-0.25, -0.2) is 4.39 Å². The molecule has 2 aromatic carbocycles. The van der Waals surface area contributed by atoms with Gasteiger partial charge < -0.3 is 11.1 Å². The van der Waals surface area contributed by atoms with E-state index in [1.165, 1.54) is 17.8 Å². The Bertz CT molecular complexity index is 1140. The van der Waals surface area contributed by atoms with Crippen molar-refractivity contribution in [1.29, 1.82) is 0 Å². The summed E-state index contributed by atoms with van der Waals surface area (Å²) in [4.78, 5) is 21.6. The van der Waals surface area contributed by atoms with Crippen molar-refractivity contribution in [1.82, 2.24) is 4.98 Å². The highest BCUT2D eigenvalue weighted by Gasteiger charge is 2.37. The maximum absolute atomic E-state index is 14.8. The summed E-state index contributed by atoms with van der Waals surface area (Å²) in [7, 11) is 0. The topological polar surface area (TPSA) is 80.4 Å². The van der Waals surface area contributed by atoms with Crippen molar-refractivity contribution in [3.8, 4) is 11.1 Å². The number of carbonyl (C=O) groups excluding carboxylic acids is 1. The standard InChI is InChI=1S/C24H23FN4OS/c1-2-24(12-14-28-23(26)31-24)19-15-17(10-11-20(19)25)29-22(30)21-18(9-6-13-27-21)16-7-4-3-5-8-16/h3-11,13,15H,2,12,14H2,1H3,(H2,26,28)(H,29,30)/t24-/m0/s1. The number of pyridine rings is 1. The normalized spacial score (nSPS) is 18.3. The second-order valence-corrected chi connectivity index (χ2v) is 8.74. The minimum Gasteiger partial charge on any atom is -0.379 e. The largest absolute Gasteiger partial charge is 0.379 e. The maximum atomic E-state index is 14.8. The fourth-order valence-electron chi connectivity index (χ4n) is 3.84. The van der Waals surface area contributed by atoms with Crippen LogP contribution in [-0.4, -0.2) is 22.6 Å². The van der Waals surface area contributed by atoms with Crippen molar-refractivity contribution >= 4 is 28.5 Å². The minimum absolute atomic E-state index is 0.313. The van der Waals surface area contributed by atoms with Gasteiger partial charge in [0, 0.05) is 29.6 Å². The number of hydrogen-bond donors (Lipinski definition) is 2. The Labute approximate surface area is 185 Å². The molecule has 0 spiro atoms. The van der Waals surface area contributed by atoms with E-state index in [2.05, 4.69) is 15.3 Å². The molecule has 0 aliphatic carbocycles. The number of nitrogens with one attached hydrogen (secondary N) is 1. The van der Waals surface area contributed by atoms with Gasteiger partial charge in [0.1, 0.15) is 11.5 Å². The molecule has 0 saturated heterocycles. The third-order valence-electron chi connectivity index (χ3n) is 5.48. The molecule has 5 nitrogen and oxygen atoms in total. The van der Waals surface area contributed by atoms with E-state index in [4.69, 9.17) is 5.73 Å². The number of halogens is 1. The smallest absolute Gasteiger partial charge is 0.274 e. The van der Waals surface area contributed by atoms with Gasteiger partial charge in [-0.05, 0) is 42.7 Å². The molecule has 1 aromatic heterocycles. The van der Waals surface area contributed by atoms with Gasteiger partial charge >= 0.3 is 0 Å². The summed E-state index contributed by atoms with van der Waals surface area (Å²) in [5, 5.41) is 3.35. The Hall–Kier alpha value is -3.19. The number of thioether (sulfide) groups is 1. The van der Waals surface area contributed by atoms with Gasteiger partial charge in [0.15, 0.2) is 5.17 Å². The van der Waals surface area contributed by atoms with Crippen molar-refractivity contribution in [2.24, 2.45) is 10.7 Å². The molecule has 0 bridgehead atoms. The zero-order valence-electron chi connectivity index (χ0n) is 17.1. The highest BCUT2D eigenvalue weighted by molar-refractivity contribution is 8.14. The van der Waals surface area contributed by atoms with Gasteiger partial charge in [0.25, 0.3) is 5.91 Å². The number of amides is 1. The van der Waals surface area contributed by atoms with Crippen molar-refractivity contribution < 1.29 is 9.18 Å². The van der Waals surface area contributed by atoms with Crippen LogP contribution in [-0.2, 0) is 4.75 Å². The average molecular weight is 435 g/mol. The number of hydrogen-bond acceptors (Lipinski definition) is 5. The number of aromatic nitrogens is 1. The summed E-state index contributed by atoms with van der Waals surface area (Å²) in [5.74, 6) is -0.662. The van der Waals surface area contributed by atoms with Crippen LogP contribution in [0.15, 0.2) is 71.9 Å². The first-order valence-corrected chi connectivity index (χ1v) is 10.9. The Kier molecular flexibility index (Phi) is 6.04. The first-order chi connectivity index (χ1) is 15.0. The van der Waals surface area contributed by atoms with Gasteiger partial charge in [0.2, 0.25) is 0 Å². The van der Waals surface area contributed by atoms with E-state index in [1.54, 1.807) is 24.4 Å². The van der Waals surface area contributed by atoms with Crippen molar-refractivity contribution in [3.05, 3.63) is 83.9 Å². The van der Waals surface area contributed by atoms with Crippen LogP contribution in [0.2, 0.25) is 0 Å². The van der Waals surface area contributed by atoms with E-state index < -0.39 is 4.75 Å². The third kappa shape index (κ3) is 4.32. The van der Waals surface area contributed by atoms with Crippen LogP contribution in [0.25, 0.3) is 11.1 Å². The third-order valence-corrected chi connectivity index (χ3v) is 6.92. The van der Waals surface area contributed by atoms with Crippen LogP contribution >= 0.6 is 11.8 Å². The molecule has 2 heterocycles. The Morgan fingerprint density at radius 3 is 2.74 bits per heavy atom. The number of anilines is 1. The van der Waals surface area contributed by atoms with Crippen molar-refractivity contribution in [2.45, 2.75) is 24.5 Å². The van der Waals surface area contributed by atoms with Crippen LogP contribution < -0.4 is 11.1 Å². The number of aliphatic imine (C=N–C) groups is 1. The quantitative estimate of drug-likeness (QED) is 0.579. The summed E-state index contributed by atoms with van der Waals surface area (Å²) in [6.45, 7) is 2.56. The van der Waals surface area contributed by atoms with Gasteiger partial charge in [-0.15, -0.1) is 0 Å². The molecular weight excluding hydrogens is 411 g/mol. The molecule has 0 saturated carbocycles. The fourth-order valence-corrected chi connectivity index (χ4v) is 5.00. The molecule has 3 aromatic rings. The number of rotatable bonds is 5. The zero-order chi connectivity index (χ0) is 21.8. The van der Waals surface area contributed by atoms with Crippen molar-refractivity contribution in [3.63, 3.8) is 0 Å². The second kappa shape index (κ2) is 8.89. The van der Waals surface area contributed by atoms with Gasteiger partial charge in [-0.3, -0.25) is 14.8 Å². The summed E-state index contributed by atoms with van der Waals surface area (Å²) in [5.41, 5.74) is 8.95. The molecule has 7 heteroatoms. The molecule has 0 unspecified atom stereocenters.